The Labute approximate surface area is 81.9 Å². The lowest BCUT2D eigenvalue weighted by Gasteiger charge is -2.12. The van der Waals surface area contributed by atoms with Crippen LogP contribution in [0.1, 0.15) is 11.6 Å². The fourth-order valence-corrected chi connectivity index (χ4v) is 1.26. The number of aromatic nitrogens is 7. The molecule has 0 saturated heterocycles. The Bertz CT molecular complexity index is 444. The molecule has 1 aliphatic heterocycles. The van der Waals surface area contributed by atoms with Crippen molar-refractivity contribution in [2.75, 3.05) is 0 Å². The quantitative estimate of drug-likeness (QED) is 0.647. The molecule has 0 spiro atoms. The van der Waals surface area contributed by atoms with Gasteiger partial charge in [-0.1, -0.05) is 5.21 Å². The summed E-state index contributed by atoms with van der Waals surface area (Å²) in [5, 5.41) is 31.0. The molecule has 0 aliphatic carbocycles. The van der Waals surface area contributed by atoms with Crippen LogP contribution in [0.4, 0.5) is 0 Å². The van der Waals surface area contributed by atoms with Gasteiger partial charge in [-0.2, -0.15) is 10.3 Å². The van der Waals surface area contributed by atoms with E-state index in [1.165, 1.54) is 12.5 Å². The van der Waals surface area contributed by atoms with Gasteiger partial charge in [0.25, 0.3) is 0 Å². The number of H-pyrrole nitrogens is 2. The van der Waals surface area contributed by atoms with Crippen LogP contribution in [-0.4, -0.2) is 42.0 Å². The van der Waals surface area contributed by atoms with Crippen molar-refractivity contribution in [3.05, 3.63) is 18.0 Å². The highest BCUT2D eigenvalue weighted by molar-refractivity contribution is 5.76. The Morgan fingerprint density at radius 1 is 1.33 bits per heavy atom. The number of nitrogens with one attached hydrogen (secondary N) is 2. The Kier molecular flexibility index (Phi) is 1.43. The van der Waals surface area contributed by atoms with Crippen molar-refractivity contribution in [3.8, 4) is 0 Å². The van der Waals surface area contributed by atoms with E-state index in [-0.39, 0.29) is 0 Å². The highest BCUT2D eigenvalue weighted by Gasteiger charge is 2.43. The van der Waals surface area contributed by atoms with Gasteiger partial charge >= 0.3 is 0 Å². The average Bonchev–Trinajstić information content (AvgIpc) is 3.02. The smallest absolute Gasteiger partial charge is 0.242 e. The van der Waals surface area contributed by atoms with E-state index < -0.39 is 5.54 Å². The minimum absolute atomic E-state index is 0.309. The summed E-state index contributed by atoms with van der Waals surface area (Å²) in [5.41, 5.74) is -1.04. The van der Waals surface area contributed by atoms with Crippen molar-refractivity contribution in [1.29, 1.82) is 0 Å². The molecule has 74 valence electrons. The zero-order valence-electron chi connectivity index (χ0n) is 7.23. The van der Waals surface area contributed by atoms with E-state index >= 15 is 0 Å². The summed E-state index contributed by atoms with van der Waals surface area (Å²) in [6, 6.07) is 0. The lowest BCUT2D eigenvalue weighted by atomic mass is 10.0. The highest BCUT2D eigenvalue weighted by atomic mass is 15.5. The van der Waals surface area contributed by atoms with Gasteiger partial charge in [-0.25, -0.2) is 4.98 Å². The molecule has 0 bridgehead atoms. The molecule has 15 heavy (non-hydrogen) atoms. The number of hydrogen-bond acceptors (Lipinski definition) is 8. The second kappa shape index (κ2) is 2.73. The molecule has 0 aromatic carbocycles. The van der Waals surface area contributed by atoms with Crippen molar-refractivity contribution < 1.29 is 0 Å². The van der Waals surface area contributed by atoms with Crippen LogP contribution in [-0.2, 0) is 5.54 Å². The van der Waals surface area contributed by atoms with Crippen molar-refractivity contribution >= 4 is 6.21 Å². The third kappa shape index (κ3) is 0.978. The normalized spacial score (nSPS) is 23.7. The first kappa shape index (κ1) is 7.84. The van der Waals surface area contributed by atoms with Gasteiger partial charge in [0, 0.05) is 0 Å². The van der Waals surface area contributed by atoms with E-state index in [4.69, 9.17) is 0 Å². The topological polar surface area (TPSA) is 133 Å². The molecule has 10 nitrogen and oxygen atoms in total. The van der Waals surface area contributed by atoms with Gasteiger partial charge < -0.3 is 0 Å². The van der Waals surface area contributed by atoms with E-state index in [9.17, 15) is 0 Å². The summed E-state index contributed by atoms with van der Waals surface area (Å²) in [5.74, 6) is 0.748. The summed E-state index contributed by atoms with van der Waals surface area (Å²) in [6.07, 6.45) is 2.83. The van der Waals surface area contributed by atoms with Crippen molar-refractivity contribution in [1.82, 2.24) is 35.8 Å². The predicted octanol–water partition coefficient (Wildman–Crippen LogP) is -0.987. The van der Waals surface area contributed by atoms with E-state index in [1.807, 2.05) is 0 Å². The third-order valence-electron chi connectivity index (χ3n) is 1.96. The van der Waals surface area contributed by atoms with Crippen LogP contribution in [0.3, 0.4) is 0 Å². The molecule has 1 aliphatic rings. The summed E-state index contributed by atoms with van der Waals surface area (Å²) >= 11 is 0. The molecule has 1 atom stereocenters. The Morgan fingerprint density at radius 2 is 2.33 bits per heavy atom. The molecule has 0 fully saturated rings. The van der Waals surface area contributed by atoms with Crippen LogP contribution in [0.5, 0.6) is 0 Å². The molecule has 10 heteroatoms. The molecule has 2 aromatic heterocycles. The largest absolute Gasteiger partial charge is 0.260 e. The second-order valence-corrected chi connectivity index (χ2v) is 2.77. The van der Waals surface area contributed by atoms with Crippen molar-refractivity contribution in [3.63, 3.8) is 0 Å². The van der Waals surface area contributed by atoms with E-state index in [2.05, 4.69) is 51.2 Å². The Balaban J connectivity index is 2.20. The molecule has 0 amide bonds. The second-order valence-electron chi connectivity index (χ2n) is 2.77. The number of hydrogen-bond donors (Lipinski definition) is 2. The number of tetrazole rings is 1. The van der Waals surface area contributed by atoms with Crippen molar-refractivity contribution in [2.24, 2.45) is 15.4 Å². The van der Waals surface area contributed by atoms with Gasteiger partial charge in [0.05, 0.1) is 6.21 Å². The summed E-state index contributed by atoms with van der Waals surface area (Å²) < 4.78 is 0. The van der Waals surface area contributed by atoms with Crippen LogP contribution in [0.2, 0.25) is 0 Å². The fourth-order valence-electron chi connectivity index (χ4n) is 1.26. The first-order valence-electron chi connectivity index (χ1n) is 3.98. The molecule has 3 heterocycles. The third-order valence-corrected chi connectivity index (χ3v) is 1.96. The minimum atomic E-state index is -1.04. The average molecular weight is 204 g/mol. The van der Waals surface area contributed by atoms with Crippen LogP contribution in [0.15, 0.2) is 21.8 Å². The van der Waals surface area contributed by atoms with E-state index in [0.29, 0.717) is 11.6 Å². The lowest BCUT2D eigenvalue weighted by molar-refractivity contribution is 0.621. The Morgan fingerprint density at radius 3 is 2.93 bits per heavy atom. The number of rotatable bonds is 2. The van der Waals surface area contributed by atoms with Crippen LogP contribution < -0.4 is 0 Å². The summed E-state index contributed by atoms with van der Waals surface area (Å²) in [6.45, 7) is 0. The maximum atomic E-state index is 3.99. The van der Waals surface area contributed by atoms with Crippen LogP contribution in [0, 0.1) is 0 Å². The van der Waals surface area contributed by atoms with Crippen LogP contribution >= 0.6 is 0 Å². The Hall–Kier alpha value is -2.52. The van der Waals surface area contributed by atoms with Gasteiger partial charge in [-0.05, 0) is 5.22 Å². The summed E-state index contributed by atoms with van der Waals surface area (Å²) in [4.78, 5) is 3.99. The molecular formula is C5H4N10. The first-order chi connectivity index (χ1) is 7.42. The number of aromatic amines is 2. The molecular weight excluding hydrogens is 200 g/mol. The van der Waals surface area contributed by atoms with Gasteiger partial charge in [-0.15, -0.1) is 20.4 Å². The standard InChI is InChI=1S/C5H4N10/c1-5(12-13-7-1,3-6-2-8-9-3)4-10-14-15-11-4/h1-2H,(H,6,8,9)(H,10,11,14,15). The zero-order chi connectivity index (χ0) is 10.1. The first-order valence-corrected chi connectivity index (χ1v) is 3.98. The lowest BCUT2D eigenvalue weighted by Crippen LogP contribution is -2.28. The molecule has 0 saturated carbocycles. The van der Waals surface area contributed by atoms with Gasteiger partial charge in [-0.3, -0.25) is 5.10 Å². The number of nitrogens with zero attached hydrogens (tertiary/aromatic N) is 8. The van der Waals surface area contributed by atoms with Gasteiger partial charge in [0.2, 0.25) is 11.4 Å². The molecule has 2 aromatic rings. The predicted molar refractivity (Wildman–Crippen MR) is 44.7 cm³/mol. The fraction of sp³-hybridized carbons (Fsp3) is 0.200. The maximum absolute atomic E-state index is 3.99. The zero-order valence-corrected chi connectivity index (χ0v) is 7.23. The maximum Gasteiger partial charge on any atom is 0.242 e. The van der Waals surface area contributed by atoms with E-state index in [1.54, 1.807) is 0 Å². The highest BCUT2D eigenvalue weighted by Crippen LogP contribution is 2.29. The van der Waals surface area contributed by atoms with Gasteiger partial charge in [0.1, 0.15) is 6.33 Å². The molecule has 3 rings (SSSR count). The van der Waals surface area contributed by atoms with Crippen LogP contribution in [0.25, 0.3) is 0 Å². The monoisotopic (exact) mass is 204 g/mol. The molecule has 2 N–H and O–H groups in total. The summed E-state index contributed by atoms with van der Waals surface area (Å²) in [7, 11) is 0. The minimum Gasteiger partial charge on any atom is -0.260 e. The SMILES string of the molecule is C1=NN=NC1(c1nn[nH]n1)c1ncn[nH]1. The van der Waals surface area contributed by atoms with Gasteiger partial charge in [0.15, 0.2) is 5.82 Å². The van der Waals surface area contributed by atoms with E-state index in [0.717, 1.165) is 0 Å². The molecule has 1 unspecified atom stereocenters. The van der Waals surface area contributed by atoms with Crippen molar-refractivity contribution in [2.45, 2.75) is 5.54 Å². The molecule has 0 radical (unpaired) electrons.